The Kier molecular flexibility index (Phi) is 31.6. The lowest BCUT2D eigenvalue weighted by Gasteiger charge is -2.21. The number of aldehydes is 2. The summed E-state index contributed by atoms with van der Waals surface area (Å²) in [5, 5.41) is 0. The molecule has 0 heterocycles. The molecule has 50 heavy (non-hydrogen) atoms. The fraction of sp³-hybridized carbons (Fsp3) is 0.826. The molecule has 0 saturated heterocycles. The summed E-state index contributed by atoms with van der Waals surface area (Å²) >= 11 is 0. The van der Waals surface area contributed by atoms with Crippen molar-refractivity contribution >= 4 is 12.6 Å². The normalized spacial score (nSPS) is 12.6. The number of hydrogen-bond acceptors (Lipinski definition) is 4. The third-order valence-electron chi connectivity index (χ3n) is 10.7. The van der Waals surface area contributed by atoms with Gasteiger partial charge in [0.1, 0.15) is 11.5 Å². The minimum atomic E-state index is 0.473. The highest BCUT2D eigenvalue weighted by Crippen LogP contribution is 2.30. The molecule has 0 bridgehead atoms. The molecule has 0 aromatic heterocycles. The van der Waals surface area contributed by atoms with Crippen LogP contribution in [0.1, 0.15) is 241 Å². The van der Waals surface area contributed by atoms with E-state index in [1.54, 1.807) is 12.1 Å². The molecule has 290 valence electrons. The summed E-state index contributed by atoms with van der Waals surface area (Å²) in [5.41, 5.74) is 0.971. The molecule has 0 saturated carbocycles. The number of carbonyl (C=O) groups excluding carboxylic acids is 2. The maximum Gasteiger partial charge on any atom is 0.153 e. The number of carbonyl (C=O) groups is 2. The van der Waals surface area contributed by atoms with E-state index in [2.05, 4.69) is 27.7 Å². The molecule has 0 aliphatic carbocycles. The van der Waals surface area contributed by atoms with Crippen molar-refractivity contribution in [3.05, 3.63) is 23.3 Å². The summed E-state index contributed by atoms with van der Waals surface area (Å²) in [6.07, 6.45) is 40.3. The average Bonchev–Trinajstić information content (AvgIpc) is 3.13. The van der Waals surface area contributed by atoms with Crippen LogP contribution in [0, 0.1) is 11.8 Å². The zero-order chi connectivity index (χ0) is 36.3. The van der Waals surface area contributed by atoms with Gasteiger partial charge in [-0.25, -0.2) is 0 Å². The lowest BCUT2D eigenvalue weighted by atomic mass is 9.94. The second-order valence-electron chi connectivity index (χ2n) is 15.5. The molecule has 2 unspecified atom stereocenters. The van der Waals surface area contributed by atoms with Crippen LogP contribution in [0.3, 0.4) is 0 Å². The fourth-order valence-corrected chi connectivity index (χ4v) is 7.27. The van der Waals surface area contributed by atoms with Crippen LogP contribution < -0.4 is 9.47 Å². The van der Waals surface area contributed by atoms with Crippen LogP contribution in [0.5, 0.6) is 11.5 Å². The van der Waals surface area contributed by atoms with Crippen molar-refractivity contribution in [2.24, 2.45) is 11.8 Å². The molecule has 0 N–H and O–H groups in total. The predicted molar refractivity (Wildman–Crippen MR) is 216 cm³/mol. The zero-order valence-electron chi connectivity index (χ0n) is 33.7. The number of benzene rings is 1. The molecular weight excluding hydrogens is 617 g/mol. The highest BCUT2D eigenvalue weighted by molar-refractivity contribution is 5.87. The first-order valence-electron chi connectivity index (χ1n) is 22.0. The largest absolute Gasteiger partial charge is 0.493 e. The molecule has 0 fully saturated rings. The van der Waals surface area contributed by atoms with Gasteiger partial charge < -0.3 is 9.47 Å². The first-order valence-corrected chi connectivity index (χ1v) is 22.0. The molecule has 1 aromatic rings. The fourth-order valence-electron chi connectivity index (χ4n) is 7.27. The Morgan fingerprint density at radius 2 is 0.640 bits per heavy atom. The summed E-state index contributed by atoms with van der Waals surface area (Å²) in [4.78, 5) is 24.5. The average molecular weight is 699 g/mol. The van der Waals surface area contributed by atoms with Crippen LogP contribution in [0.2, 0.25) is 0 Å². The van der Waals surface area contributed by atoms with Gasteiger partial charge in [-0.1, -0.05) is 195 Å². The van der Waals surface area contributed by atoms with Crippen LogP contribution in [0.25, 0.3) is 0 Å². The van der Waals surface area contributed by atoms with Crippen molar-refractivity contribution in [2.75, 3.05) is 13.2 Å². The van der Waals surface area contributed by atoms with E-state index in [-0.39, 0.29) is 0 Å². The van der Waals surface area contributed by atoms with E-state index in [1.807, 2.05) is 0 Å². The summed E-state index contributed by atoms with van der Waals surface area (Å²) in [6.45, 7) is 10.3. The van der Waals surface area contributed by atoms with Gasteiger partial charge >= 0.3 is 0 Å². The Balaban J connectivity index is 2.83. The van der Waals surface area contributed by atoms with Gasteiger partial charge in [-0.15, -0.1) is 0 Å². The van der Waals surface area contributed by atoms with Crippen LogP contribution in [0.15, 0.2) is 12.1 Å². The molecule has 0 aliphatic heterocycles. The summed E-state index contributed by atoms with van der Waals surface area (Å²) < 4.78 is 12.7. The maximum atomic E-state index is 12.3. The van der Waals surface area contributed by atoms with Gasteiger partial charge in [0.2, 0.25) is 0 Å². The van der Waals surface area contributed by atoms with Gasteiger partial charge in [0, 0.05) is 0 Å². The Labute approximate surface area is 311 Å². The Morgan fingerprint density at radius 3 is 0.880 bits per heavy atom. The molecule has 4 nitrogen and oxygen atoms in total. The summed E-state index contributed by atoms with van der Waals surface area (Å²) in [5.74, 6) is 1.99. The van der Waals surface area contributed by atoms with Gasteiger partial charge in [0.25, 0.3) is 0 Å². The third kappa shape index (κ3) is 24.4. The smallest absolute Gasteiger partial charge is 0.153 e. The minimum absolute atomic E-state index is 0.473. The first kappa shape index (κ1) is 46.2. The zero-order valence-corrected chi connectivity index (χ0v) is 33.7. The van der Waals surface area contributed by atoms with Crippen molar-refractivity contribution in [3.8, 4) is 11.5 Å². The van der Waals surface area contributed by atoms with Crippen LogP contribution in [-0.4, -0.2) is 25.8 Å². The van der Waals surface area contributed by atoms with E-state index >= 15 is 0 Å². The standard InChI is InChI=1S/C46H82O4/c1-5-9-13-17-21-25-29-33-41(31-27-23-19-15-11-7-3)39-49-45-35-44(38-48)46(36-43(45)37-47)50-40-42(32-28-24-20-16-12-8-4)34-30-26-22-18-14-10-6-2/h35-38,41-42H,5-34,39-40H2,1-4H3. The summed E-state index contributed by atoms with van der Waals surface area (Å²) in [6, 6.07) is 3.50. The molecule has 4 heteroatoms. The number of hydrogen-bond donors (Lipinski definition) is 0. The molecule has 0 aliphatic rings. The van der Waals surface area contributed by atoms with Crippen molar-refractivity contribution < 1.29 is 19.1 Å². The highest BCUT2D eigenvalue weighted by Gasteiger charge is 2.17. The minimum Gasteiger partial charge on any atom is -0.493 e. The van der Waals surface area contributed by atoms with Gasteiger partial charge in [0.05, 0.1) is 24.3 Å². The lowest BCUT2D eigenvalue weighted by molar-refractivity contribution is 0.110. The lowest BCUT2D eigenvalue weighted by Crippen LogP contribution is -2.15. The van der Waals surface area contributed by atoms with Crippen molar-refractivity contribution in [1.82, 2.24) is 0 Å². The van der Waals surface area contributed by atoms with E-state index < -0.39 is 0 Å². The number of ether oxygens (including phenoxy) is 2. The Bertz CT molecular complexity index is 838. The Hall–Kier alpha value is -1.84. The van der Waals surface area contributed by atoms with Gasteiger partial charge in [-0.2, -0.15) is 0 Å². The third-order valence-corrected chi connectivity index (χ3v) is 10.7. The van der Waals surface area contributed by atoms with Crippen LogP contribution in [-0.2, 0) is 0 Å². The number of unbranched alkanes of at least 4 members (excludes halogenated alkanes) is 22. The molecule has 1 aromatic carbocycles. The van der Waals surface area contributed by atoms with E-state index in [1.165, 1.54) is 193 Å². The van der Waals surface area contributed by atoms with Crippen LogP contribution >= 0.6 is 0 Å². The van der Waals surface area contributed by atoms with Gasteiger partial charge in [-0.3, -0.25) is 9.59 Å². The molecule has 2 atom stereocenters. The quantitative estimate of drug-likeness (QED) is 0.0509. The first-order chi connectivity index (χ1) is 24.6. The molecule has 0 spiro atoms. The second-order valence-corrected chi connectivity index (χ2v) is 15.5. The highest BCUT2D eigenvalue weighted by atomic mass is 16.5. The molecule has 0 amide bonds. The van der Waals surface area contributed by atoms with Crippen molar-refractivity contribution in [1.29, 1.82) is 0 Å². The summed E-state index contributed by atoms with van der Waals surface area (Å²) in [7, 11) is 0. The second kappa shape index (κ2) is 34.3. The Morgan fingerprint density at radius 1 is 0.400 bits per heavy atom. The van der Waals surface area contributed by atoms with E-state index in [0.29, 0.717) is 47.7 Å². The van der Waals surface area contributed by atoms with E-state index in [9.17, 15) is 9.59 Å². The number of rotatable bonds is 38. The maximum absolute atomic E-state index is 12.3. The topological polar surface area (TPSA) is 52.6 Å². The van der Waals surface area contributed by atoms with E-state index in [0.717, 1.165) is 12.6 Å². The SMILES string of the molecule is CCCCCCCCCC(CCCCCCCC)COc1cc(C=O)c(OCC(CCCCCCCC)CCCCCCCCC)cc1C=O. The van der Waals surface area contributed by atoms with Gasteiger partial charge in [-0.05, 0) is 49.7 Å². The van der Waals surface area contributed by atoms with Gasteiger partial charge in [0.15, 0.2) is 12.6 Å². The predicted octanol–water partition coefficient (Wildman–Crippen LogP) is 15.1. The molecular formula is C46H82O4. The van der Waals surface area contributed by atoms with E-state index in [4.69, 9.17) is 9.47 Å². The van der Waals surface area contributed by atoms with Crippen LogP contribution in [0.4, 0.5) is 0 Å². The molecule has 0 radical (unpaired) electrons. The molecule has 1 rings (SSSR count). The van der Waals surface area contributed by atoms with Crippen molar-refractivity contribution in [2.45, 2.75) is 220 Å². The monoisotopic (exact) mass is 699 g/mol. The van der Waals surface area contributed by atoms with Crippen molar-refractivity contribution in [3.63, 3.8) is 0 Å².